The predicted molar refractivity (Wildman–Crippen MR) is 98.2 cm³/mol. The third-order valence-electron chi connectivity index (χ3n) is 4.37. The SMILES string of the molecule is Cc1c[nH]c(=O)c2cccc(S(=O)N3CCc4ccc(Cl)cc43)c12. The normalized spacial score (nSPS) is 14.8. The minimum Gasteiger partial charge on any atom is -0.328 e. The second-order valence-corrected chi connectivity index (χ2v) is 7.67. The second kappa shape index (κ2) is 5.76. The highest BCUT2D eigenvalue weighted by Gasteiger charge is 2.26. The number of aromatic nitrogens is 1. The highest BCUT2D eigenvalue weighted by molar-refractivity contribution is 7.86. The van der Waals surface area contributed by atoms with Crippen LogP contribution in [0.4, 0.5) is 5.69 Å². The molecular formula is C18H15ClN2O2S. The van der Waals surface area contributed by atoms with Gasteiger partial charge in [-0.1, -0.05) is 23.7 Å². The van der Waals surface area contributed by atoms with E-state index in [0.29, 0.717) is 21.8 Å². The summed E-state index contributed by atoms with van der Waals surface area (Å²) in [5.41, 5.74) is 2.78. The van der Waals surface area contributed by atoms with Gasteiger partial charge in [0.15, 0.2) is 11.0 Å². The lowest BCUT2D eigenvalue weighted by Gasteiger charge is -2.20. The second-order valence-electron chi connectivity index (χ2n) is 5.85. The maximum Gasteiger partial charge on any atom is 0.255 e. The summed E-state index contributed by atoms with van der Waals surface area (Å²) in [6.45, 7) is 2.58. The number of rotatable bonds is 2. The van der Waals surface area contributed by atoms with Crippen LogP contribution in [-0.4, -0.2) is 15.7 Å². The van der Waals surface area contributed by atoms with Crippen molar-refractivity contribution in [3.05, 3.63) is 69.1 Å². The number of anilines is 1. The van der Waals surface area contributed by atoms with Crippen molar-refractivity contribution in [1.29, 1.82) is 0 Å². The maximum absolute atomic E-state index is 13.3. The summed E-state index contributed by atoms with van der Waals surface area (Å²) in [6, 6.07) is 11.1. The first-order valence-electron chi connectivity index (χ1n) is 7.65. The molecule has 2 heterocycles. The number of H-pyrrole nitrogens is 1. The number of nitrogens with one attached hydrogen (secondary N) is 1. The number of nitrogens with zero attached hydrogens (tertiary/aromatic N) is 1. The van der Waals surface area contributed by atoms with Crippen LogP contribution in [0, 0.1) is 6.92 Å². The van der Waals surface area contributed by atoms with E-state index in [9.17, 15) is 9.00 Å². The fourth-order valence-electron chi connectivity index (χ4n) is 3.21. The Kier molecular flexibility index (Phi) is 3.70. The Hall–Kier alpha value is -2.11. The third-order valence-corrected chi connectivity index (χ3v) is 6.10. The molecule has 1 N–H and O–H groups in total. The lowest BCUT2D eigenvalue weighted by molar-refractivity contribution is 0.681. The van der Waals surface area contributed by atoms with E-state index in [0.717, 1.165) is 28.6 Å². The molecule has 1 aliphatic rings. The van der Waals surface area contributed by atoms with Crippen LogP contribution in [-0.2, 0) is 17.4 Å². The highest BCUT2D eigenvalue weighted by atomic mass is 35.5. The van der Waals surface area contributed by atoms with Gasteiger partial charge in [0.1, 0.15) is 0 Å². The van der Waals surface area contributed by atoms with E-state index in [1.54, 1.807) is 18.3 Å². The van der Waals surface area contributed by atoms with Gasteiger partial charge < -0.3 is 4.98 Å². The van der Waals surface area contributed by atoms with E-state index >= 15 is 0 Å². The fraction of sp³-hybridized carbons (Fsp3) is 0.167. The number of hydrogen-bond donors (Lipinski definition) is 1. The molecule has 3 aromatic rings. The molecule has 0 saturated heterocycles. The van der Waals surface area contributed by atoms with E-state index in [1.807, 2.05) is 35.5 Å². The van der Waals surface area contributed by atoms with Gasteiger partial charge in [-0.15, -0.1) is 0 Å². The molecule has 0 bridgehead atoms. The van der Waals surface area contributed by atoms with Crippen molar-refractivity contribution in [1.82, 2.24) is 4.98 Å². The van der Waals surface area contributed by atoms with E-state index in [1.165, 1.54) is 0 Å². The number of pyridine rings is 1. The molecule has 1 unspecified atom stereocenters. The number of aromatic amines is 1. The Balaban J connectivity index is 1.89. The first-order valence-corrected chi connectivity index (χ1v) is 9.13. The average Bonchev–Trinajstić information content (AvgIpc) is 3.00. The van der Waals surface area contributed by atoms with Crippen LogP contribution >= 0.6 is 11.6 Å². The Morgan fingerprint density at radius 2 is 2.08 bits per heavy atom. The topological polar surface area (TPSA) is 53.2 Å². The molecule has 0 fully saturated rings. The molecule has 0 amide bonds. The minimum atomic E-state index is -1.40. The van der Waals surface area contributed by atoms with Crippen molar-refractivity contribution in [2.24, 2.45) is 0 Å². The average molecular weight is 359 g/mol. The summed E-state index contributed by atoms with van der Waals surface area (Å²) in [5, 5.41) is 1.95. The molecule has 4 nitrogen and oxygen atoms in total. The Morgan fingerprint density at radius 3 is 2.92 bits per heavy atom. The lowest BCUT2D eigenvalue weighted by Crippen LogP contribution is -2.24. The minimum absolute atomic E-state index is 0.167. The van der Waals surface area contributed by atoms with Crippen molar-refractivity contribution in [3.8, 4) is 0 Å². The molecule has 4 rings (SSSR count). The molecule has 122 valence electrons. The zero-order valence-corrected chi connectivity index (χ0v) is 14.6. The predicted octanol–water partition coefficient (Wildman–Crippen LogP) is 3.58. The van der Waals surface area contributed by atoms with Gasteiger partial charge in [-0.05, 0) is 48.7 Å². The lowest BCUT2D eigenvalue weighted by atomic mass is 10.1. The quantitative estimate of drug-likeness (QED) is 0.761. The third kappa shape index (κ3) is 2.36. The summed E-state index contributed by atoms with van der Waals surface area (Å²) in [4.78, 5) is 15.5. The molecule has 24 heavy (non-hydrogen) atoms. The number of aryl methyl sites for hydroxylation is 1. The molecule has 2 aromatic carbocycles. The summed E-state index contributed by atoms with van der Waals surface area (Å²) in [6.07, 6.45) is 2.50. The van der Waals surface area contributed by atoms with E-state index in [2.05, 4.69) is 4.98 Å². The van der Waals surface area contributed by atoms with Gasteiger partial charge in [-0.25, -0.2) is 4.21 Å². The molecule has 1 aromatic heterocycles. The number of halogens is 1. The van der Waals surface area contributed by atoms with Gasteiger partial charge >= 0.3 is 0 Å². The summed E-state index contributed by atoms with van der Waals surface area (Å²) in [7, 11) is -1.40. The van der Waals surface area contributed by atoms with Crippen LogP contribution in [0.25, 0.3) is 10.8 Å². The first kappa shape index (κ1) is 15.4. The van der Waals surface area contributed by atoms with Crippen LogP contribution in [0.1, 0.15) is 11.1 Å². The van der Waals surface area contributed by atoms with Gasteiger partial charge in [0, 0.05) is 28.5 Å². The molecule has 0 radical (unpaired) electrons. The van der Waals surface area contributed by atoms with Gasteiger partial charge in [0.05, 0.1) is 10.6 Å². The van der Waals surface area contributed by atoms with Crippen LogP contribution < -0.4 is 9.86 Å². The van der Waals surface area contributed by atoms with Crippen LogP contribution in [0.3, 0.4) is 0 Å². The summed E-state index contributed by atoms with van der Waals surface area (Å²) in [5.74, 6) is 0. The smallest absolute Gasteiger partial charge is 0.255 e. The zero-order chi connectivity index (χ0) is 16.8. The first-order chi connectivity index (χ1) is 11.6. The fourth-order valence-corrected chi connectivity index (χ4v) is 4.86. The molecule has 6 heteroatoms. The largest absolute Gasteiger partial charge is 0.328 e. The Morgan fingerprint density at radius 1 is 1.25 bits per heavy atom. The van der Waals surface area contributed by atoms with Crippen molar-refractivity contribution in [2.45, 2.75) is 18.2 Å². The Bertz CT molecular complexity index is 1040. The zero-order valence-electron chi connectivity index (χ0n) is 13.0. The molecule has 0 aliphatic carbocycles. The summed E-state index contributed by atoms with van der Waals surface area (Å²) >= 11 is 6.11. The van der Waals surface area contributed by atoms with Gasteiger partial charge in [-0.2, -0.15) is 0 Å². The molecule has 0 saturated carbocycles. The van der Waals surface area contributed by atoms with E-state index in [-0.39, 0.29) is 5.56 Å². The van der Waals surface area contributed by atoms with E-state index < -0.39 is 11.0 Å². The van der Waals surface area contributed by atoms with Crippen molar-refractivity contribution in [3.63, 3.8) is 0 Å². The van der Waals surface area contributed by atoms with E-state index in [4.69, 9.17) is 11.6 Å². The molecule has 0 spiro atoms. The van der Waals surface area contributed by atoms with Gasteiger partial charge in [0.25, 0.3) is 5.56 Å². The standard InChI is InChI=1S/C18H15ClN2O2S/c1-11-10-20-18(22)14-3-2-4-16(17(11)14)24(23)21-8-7-12-5-6-13(19)9-15(12)21/h2-6,9-10H,7-8H2,1H3,(H,20,22). The van der Waals surface area contributed by atoms with Crippen molar-refractivity contribution >= 4 is 39.0 Å². The van der Waals surface area contributed by atoms with Crippen LogP contribution in [0.2, 0.25) is 5.02 Å². The monoisotopic (exact) mass is 358 g/mol. The van der Waals surface area contributed by atoms with Gasteiger partial charge in [-0.3, -0.25) is 9.10 Å². The summed E-state index contributed by atoms with van der Waals surface area (Å²) < 4.78 is 15.1. The number of benzene rings is 2. The van der Waals surface area contributed by atoms with Crippen LogP contribution in [0.15, 0.2) is 52.3 Å². The molecule has 1 atom stereocenters. The number of hydrogen-bond acceptors (Lipinski definition) is 2. The molecular weight excluding hydrogens is 344 g/mol. The highest BCUT2D eigenvalue weighted by Crippen LogP contribution is 2.35. The van der Waals surface area contributed by atoms with Crippen molar-refractivity contribution < 1.29 is 4.21 Å². The maximum atomic E-state index is 13.3. The number of fused-ring (bicyclic) bond motifs is 2. The Labute approximate surface area is 146 Å². The van der Waals surface area contributed by atoms with Crippen molar-refractivity contribution in [2.75, 3.05) is 10.8 Å². The molecule has 1 aliphatic heterocycles. The van der Waals surface area contributed by atoms with Crippen LogP contribution in [0.5, 0.6) is 0 Å². The van der Waals surface area contributed by atoms with Gasteiger partial charge in [0.2, 0.25) is 0 Å².